The molecule has 0 aliphatic heterocycles. The molecule has 0 radical (unpaired) electrons. The maximum Gasteiger partial charge on any atom is 0.408 e. The number of phenolic OH excluding ortho intramolecular Hbond substituents is 2. The highest BCUT2D eigenvalue weighted by atomic mass is 16.6. The van der Waals surface area contributed by atoms with E-state index >= 15 is 0 Å². The quantitative estimate of drug-likeness (QED) is 0.207. The summed E-state index contributed by atoms with van der Waals surface area (Å²) in [5.74, 6) is -0.883. The second kappa shape index (κ2) is 16.5. The Kier molecular flexibility index (Phi) is 13.5. The first-order valence-corrected chi connectivity index (χ1v) is 14.6. The van der Waals surface area contributed by atoms with E-state index in [1.807, 2.05) is 6.92 Å². The Labute approximate surface area is 244 Å². The summed E-state index contributed by atoms with van der Waals surface area (Å²) in [6, 6.07) is 10.7. The van der Waals surface area contributed by atoms with Crippen molar-refractivity contribution < 1.29 is 29.3 Å². The zero-order chi connectivity index (χ0) is 30.4. The van der Waals surface area contributed by atoms with Gasteiger partial charge < -0.3 is 30.5 Å². The van der Waals surface area contributed by atoms with Crippen LogP contribution in [-0.2, 0) is 20.7 Å². The van der Waals surface area contributed by atoms with Crippen molar-refractivity contribution in [1.82, 2.24) is 15.5 Å². The van der Waals surface area contributed by atoms with E-state index in [1.165, 1.54) is 23.1 Å². The number of rotatable bonds is 15. The monoisotopic (exact) mass is 569 g/mol. The molecule has 0 aliphatic carbocycles. The van der Waals surface area contributed by atoms with Crippen molar-refractivity contribution in [3.05, 3.63) is 59.7 Å². The Morgan fingerprint density at radius 3 is 2.17 bits per heavy atom. The molecule has 2 aromatic carbocycles. The molecular weight excluding hydrogens is 522 g/mol. The van der Waals surface area contributed by atoms with Gasteiger partial charge in [0, 0.05) is 25.1 Å². The molecule has 0 heterocycles. The summed E-state index contributed by atoms with van der Waals surface area (Å²) in [4.78, 5) is 42.4. The molecule has 0 saturated carbocycles. The number of benzene rings is 2. The molecule has 2 aromatic rings. The van der Waals surface area contributed by atoms with Crippen molar-refractivity contribution in [3.63, 3.8) is 0 Å². The van der Waals surface area contributed by atoms with Crippen LogP contribution < -0.4 is 10.6 Å². The number of amides is 3. The average Bonchev–Trinajstić information content (AvgIpc) is 2.90. The van der Waals surface area contributed by atoms with Crippen LogP contribution in [0.25, 0.3) is 0 Å². The number of para-hydroxylation sites is 1. The number of alkyl carbamates (subject to hydrolysis) is 1. The summed E-state index contributed by atoms with van der Waals surface area (Å²) in [5.41, 5.74) is 0.230. The molecule has 0 fully saturated rings. The Morgan fingerprint density at radius 2 is 1.56 bits per heavy atom. The number of carbonyl (C=O) groups excluding carboxylic acids is 3. The summed E-state index contributed by atoms with van der Waals surface area (Å²) in [5, 5.41) is 26.2. The predicted octanol–water partition coefficient (Wildman–Crippen LogP) is 5.60. The van der Waals surface area contributed by atoms with E-state index in [4.69, 9.17) is 4.74 Å². The topological polar surface area (TPSA) is 128 Å². The number of hydrogen-bond donors (Lipinski definition) is 4. The first-order chi connectivity index (χ1) is 19.5. The van der Waals surface area contributed by atoms with Gasteiger partial charge in [-0.15, -0.1) is 0 Å². The van der Waals surface area contributed by atoms with E-state index in [0.29, 0.717) is 24.1 Å². The average molecular weight is 570 g/mol. The first kappa shape index (κ1) is 33.5. The predicted molar refractivity (Wildman–Crippen MR) is 160 cm³/mol. The molecule has 0 spiro atoms. The van der Waals surface area contributed by atoms with Crippen LogP contribution in [0.1, 0.15) is 90.3 Å². The fourth-order valence-corrected chi connectivity index (χ4v) is 4.45. The van der Waals surface area contributed by atoms with E-state index in [0.717, 1.165) is 32.1 Å². The zero-order valence-corrected chi connectivity index (χ0v) is 25.1. The van der Waals surface area contributed by atoms with Crippen LogP contribution in [0.2, 0.25) is 0 Å². The number of hydrogen-bond acceptors (Lipinski definition) is 6. The third-order valence-corrected chi connectivity index (χ3v) is 6.52. The minimum atomic E-state index is -1.11. The van der Waals surface area contributed by atoms with Crippen molar-refractivity contribution in [1.29, 1.82) is 0 Å². The highest BCUT2D eigenvalue weighted by Gasteiger charge is 2.37. The van der Waals surface area contributed by atoms with E-state index in [1.54, 1.807) is 51.1 Å². The number of phenols is 2. The summed E-state index contributed by atoms with van der Waals surface area (Å²) >= 11 is 0. The van der Waals surface area contributed by atoms with Gasteiger partial charge >= 0.3 is 6.09 Å². The molecular formula is C32H47N3O6. The third kappa shape index (κ3) is 11.3. The van der Waals surface area contributed by atoms with Gasteiger partial charge in [-0.25, -0.2) is 4.79 Å². The Morgan fingerprint density at radius 1 is 0.902 bits per heavy atom. The van der Waals surface area contributed by atoms with Crippen LogP contribution in [0.3, 0.4) is 0 Å². The first-order valence-electron chi connectivity index (χ1n) is 14.6. The lowest BCUT2D eigenvalue weighted by atomic mass is 9.99. The van der Waals surface area contributed by atoms with E-state index in [-0.39, 0.29) is 24.5 Å². The highest BCUT2D eigenvalue weighted by molar-refractivity contribution is 5.92. The number of nitrogens with one attached hydrogen (secondary N) is 2. The summed E-state index contributed by atoms with van der Waals surface area (Å²) in [6.45, 7) is 10.0. The molecule has 0 bridgehead atoms. The van der Waals surface area contributed by atoms with Gasteiger partial charge in [-0.3, -0.25) is 9.59 Å². The number of aromatic hydroxyl groups is 2. The normalized spacial score (nSPS) is 12.7. The summed E-state index contributed by atoms with van der Waals surface area (Å²) in [7, 11) is 0. The van der Waals surface area contributed by atoms with Gasteiger partial charge in [0.25, 0.3) is 0 Å². The molecule has 0 aromatic heterocycles. The van der Waals surface area contributed by atoms with Gasteiger partial charge in [-0.05, 0) is 57.4 Å². The Balaban J connectivity index is 2.54. The molecule has 9 heteroatoms. The van der Waals surface area contributed by atoms with Crippen LogP contribution in [0.15, 0.2) is 48.5 Å². The van der Waals surface area contributed by atoms with Crippen LogP contribution in [-0.4, -0.2) is 57.8 Å². The Bertz CT molecular complexity index is 1110. The lowest BCUT2D eigenvalue weighted by Crippen LogP contribution is -2.54. The maximum atomic E-state index is 14.4. The summed E-state index contributed by atoms with van der Waals surface area (Å²) < 4.78 is 5.47. The second-order valence-electron chi connectivity index (χ2n) is 11.3. The number of carbonyl (C=O) groups is 3. The van der Waals surface area contributed by atoms with Gasteiger partial charge in [0.2, 0.25) is 11.8 Å². The molecule has 0 saturated heterocycles. The standard InChI is InChI=1S/C32H47N3O6/c1-6-8-10-13-21-35(28(29(38)33-20-9-7-2)25-14-11-12-15-27(25)37)30(39)26(34-31(40)41-32(3,4)5)22-23-16-18-24(36)19-17-23/h11-12,14-19,26,28,36-37H,6-10,13,20-22H2,1-5H3,(H,33,38)(H,34,40). The lowest BCUT2D eigenvalue weighted by Gasteiger charge is -2.35. The Hall–Kier alpha value is -3.75. The largest absolute Gasteiger partial charge is 0.508 e. The van der Waals surface area contributed by atoms with Crippen molar-refractivity contribution in [2.24, 2.45) is 0 Å². The highest BCUT2D eigenvalue weighted by Crippen LogP contribution is 2.30. The van der Waals surface area contributed by atoms with Crippen molar-refractivity contribution in [3.8, 4) is 11.5 Å². The molecule has 2 unspecified atom stereocenters. The van der Waals surface area contributed by atoms with Crippen LogP contribution in [0.5, 0.6) is 11.5 Å². The van der Waals surface area contributed by atoms with E-state index in [2.05, 4.69) is 17.6 Å². The molecule has 2 rings (SSSR count). The molecule has 226 valence electrons. The van der Waals surface area contributed by atoms with Crippen molar-refractivity contribution in [2.45, 2.75) is 97.2 Å². The molecule has 2 atom stereocenters. The molecule has 4 N–H and O–H groups in total. The SMILES string of the molecule is CCCCCCN(C(=O)C(Cc1ccc(O)cc1)NC(=O)OC(C)(C)C)C(C(=O)NCCCC)c1ccccc1O. The van der Waals surface area contributed by atoms with E-state index in [9.17, 15) is 24.6 Å². The van der Waals surface area contributed by atoms with Gasteiger partial charge in [0.15, 0.2) is 0 Å². The fourth-order valence-electron chi connectivity index (χ4n) is 4.45. The van der Waals surface area contributed by atoms with Crippen LogP contribution in [0, 0.1) is 0 Å². The number of nitrogens with zero attached hydrogens (tertiary/aromatic N) is 1. The smallest absolute Gasteiger partial charge is 0.408 e. The number of unbranched alkanes of at least 4 members (excludes halogenated alkanes) is 4. The van der Waals surface area contributed by atoms with Gasteiger partial charge in [0.05, 0.1) is 0 Å². The molecule has 41 heavy (non-hydrogen) atoms. The van der Waals surface area contributed by atoms with Gasteiger partial charge in [-0.2, -0.15) is 0 Å². The minimum absolute atomic E-state index is 0.0812. The zero-order valence-electron chi connectivity index (χ0n) is 25.1. The van der Waals surface area contributed by atoms with Gasteiger partial charge in [-0.1, -0.05) is 69.9 Å². The molecule has 3 amide bonds. The maximum absolute atomic E-state index is 14.4. The van der Waals surface area contributed by atoms with Crippen LogP contribution in [0.4, 0.5) is 4.79 Å². The van der Waals surface area contributed by atoms with Crippen molar-refractivity contribution >= 4 is 17.9 Å². The second-order valence-corrected chi connectivity index (χ2v) is 11.3. The fraction of sp³-hybridized carbons (Fsp3) is 0.531. The third-order valence-electron chi connectivity index (χ3n) is 6.52. The summed E-state index contributed by atoms with van der Waals surface area (Å²) in [6.07, 6.45) is 4.47. The lowest BCUT2D eigenvalue weighted by molar-refractivity contribution is -0.142. The van der Waals surface area contributed by atoms with Crippen molar-refractivity contribution in [2.75, 3.05) is 13.1 Å². The molecule has 0 aliphatic rings. The number of ether oxygens (including phenoxy) is 1. The molecule has 9 nitrogen and oxygen atoms in total. The van der Waals surface area contributed by atoms with Gasteiger partial charge in [0.1, 0.15) is 29.2 Å². The van der Waals surface area contributed by atoms with E-state index < -0.39 is 35.6 Å². The van der Waals surface area contributed by atoms with Crippen LogP contribution >= 0.6 is 0 Å². The minimum Gasteiger partial charge on any atom is -0.508 e.